The summed E-state index contributed by atoms with van der Waals surface area (Å²) in [4.78, 5) is 2.46. The molecule has 10 aromatic rings. The van der Waals surface area contributed by atoms with Gasteiger partial charge < -0.3 is 9.32 Å². The Morgan fingerprint density at radius 1 is 0.383 bits per heavy atom. The van der Waals surface area contributed by atoms with Crippen LogP contribution in [-0.2, 0) is 10.8 Å². The van der Waals surface area contributed by atoms with Crippen molar-refractivity contribution in [2.24, 2.45) is 0 Å². The van der Waals surface area contributed by atoms with Crippen molar-refractivity contribution < 1.29 is 4.42 Å². The quantitative estimate of drug-likeness (QED) is 0.168. The van der Waals surface area contributed by atoms with E-state index >= 15 is 0 Å². The number of furan rings is 1. The number of nitrogens with zero attached hydrogens (tertiary/aromatic N) is 1. The summed E-state index contributed by atoms with van der Waals surface area (Å²) in [5.74, 6) is 0. The Kier molecular flexibility index (Phi) is 7.52. The third-order valence-corrected chi connectivity index (χ3v) is 13.3. The normalized spacial score (nSPS) is 14.1. The van der Waals surface area contributed by atoms with Crippen LogP contribution in [0.25, 0.3) is 55.3 Å². The first-order valence-electron chi connectivity index (χ1n) is 20.9. The minimum atomic E-state index is -0.545. The van der Waals surface area contributed by atoms with Crippen molar-refractivity contribution in [2.45, 2.75) is 24.7 Å². The maximum absolute atomic E-state index is 6.88. The van der Waals surface area contributed by atoms with Crippen molar-refractivity contribution in [1.29, 1.82) is 0 Å². The fourth-order valence-electron chi connectivity index (χ4n) is 10.9. The van der Waals surface area contributed by atoms with Crippen LogP contribution in [0.15, 0.2) is 217 Å². The van der Waals surface area contributed by atoms with E-state index < -0.39 is 5.41 Å². The number of hydrogen-bond acceptors (Lipinski definition) is 2. The molecule has 284 valence electrons. The average molecular weight is 768 g/mol. The number of fused-ring (bicyclic) bond motifs is 9. The van der Waals surface area contributed by atoms with E-state index in [1.807, 2.05) is 0 Å². The van der Waals surface area contributed by atoms with Gasteiger partial charge in [0.05, 0.1) is 16.8 Å². The Morgan fingerprint density at radius 2 is 0.900 bits per heavy atom. The van der Waals surface area contributed by atoms with Gasteiger partial charge in [-0.05, 0) is 91.5 Å². The third kappa shape index (κ3) is 4.76. The predicted molar refractivity (Wildman–Crippen MR) is 249 cm³/mol. The van der Waals surface area contributed by atoms with Gasteiger partial charge in [0, 0.05) is 27.4 Å². The number of rotatable bonds is 6. The third-order valence-electron chi connectivity index (χ3n) is 13.3. The number of anilines is 3. The predicted octanol–water partition coefficient (Wildman–Crippen LogP) is 15.4. The van der Waals surface area contributed by atoms with E-state index in [4.69, 9.17) is 4.42 Å². The van der Waals surface area contributed by atoms with E-state index in [0.29, 0.717) is 0 Å². The number of benzene rings is 9. The van der Waals surface area contributed by atoms with Gasteiger partial charge in [0.1, 0.15) is 5.58 Å². The minimum absolute atomic E-state index is 0.191. The monoisotopic (exact) mass is 767 g/mol. The molecule has 9 aromatic carbocycles. The van der Waals surface area contributed by atoms with Crippen LogP contribution in [0, 0.1) is 0 Å². The lowest BCUT2D eigenvalue weighted by Crippen LogP contribution is -2.28. The Labute approximate surface area is 350 Å². The summed E-state index contributed by atoms with van der Waals surface area (Å²) < 4.78 is 6.88. The Hall–Kier alpha value is -7.42. The van der Waals surface area contributed by atoms with Crippen LogP contribution >= 0.6 is 0 Å². The van der Waals surface area contributed by atoms with Crippen LogP contribution in [0.1, 0.15) is 47.2 Å². The van der Waals surface area contributed by atoms with Gasteiger partial charge in [0.25, 0.3) is 0 Å². The topological polar surface area (TPSA) is 16.4 Å². The van der Waals surface area contributed by atoms with Crippen LogP contribution in [-0.4, -0.2) is 0 Å². The molecule has 1 aromatic heterocycles. The fraction of sp³-hybridized carbons (Fsp3) is 0.0690. The minimum Gasteiger partial charge on any atom is -0.454 e. The second kappa shape index (κ2) is 13.0. The molecule has 2 nitrogen and oxygen atoms in total. The first-order chi connectivity index (χ1) is 29.5. The zero-order valence-electron chi connectivity index (χ0n) is 33.6. The van der Waals surface area contributed by atoms with Crippen LogP contribution in [0.5, 0.6) is 0 Å². The first kappa shape index (κ1) is 34.6. The Morgan fingerprint density at radius 3 is 1.65 bits per heavy atom. The van der Waals surface area contributed by atoms with Gasteiger partial charge in [-0.2, -0.15) is 0 Å². The van der Waals surface area contributed by atoms with Crippen molar-refractivity contribution in [2.75, 3.05) is 4.90 Å². The number of para-hydroxylation sites is 3. The van der Waals surface area contributed by atoms with E-state index in [-0.39, 0.29) is 5.41 Å². The van der Waals surface area contributed by atoms with Crippen molar-refractivity contribution in [3.63, 3.8) is 0 Å². The molecule has 0 spiro atoms. The lowest BCUT2D eigenvalue weighted by Gasteiger charge is -2.35. The van der Waals surface area contributed by atoms with Crippen LogP contribution in [0.2, 0.25) is 0 Å². The van der Waals surface area contributed by atoms with Crippen LogP contribution < -0.4 is 4.90 Å². The summed E-state index contributed by atoms with van der Waals surface area (Å²) in [6, 6.07) is 77.9. The second-order valence-corrected chi connectivity index (χ2v) is 16.8. The summed E-state index contributed by atoms with van der Waals surface area (Å²) >= 11 is 0. The molecule has 1 heterocycles. The van der Waals surface area contributed by atoms with Crippen molar-refractivity contribution in [3.05, 3.63) is 246 Å². The fourth-order valence-corrected chi connectivity index (χ4v) is 10.9. The summed E-state index contributed by atoms with van der Waals surface area (Å²) in [7, 11) is 0. The summed E-state index contributed by atoms with van der Waals surface area (Å²) in [5.41, 5.74) is 19.5. The largest absolute Gasteiger partial charge is 0.454 e. The molecule has 0 radical (unpaired) electrons. The zero-order chi connectivity index (χ0) is 40.0. The highest BCUT2D eigenvalue weighted by molar-refractivity contribution is 6.11. The van der Waals surface area contributed by atoms with Gasteiger partial charge in [-0.1, -0.05) is 196 Å². The van der Waals surface area contributed by atoms with E-state index in [0.717, 1.165) is 39.0 Å². The van der Waals surface area contributed by atoms with Gasteiger partial charge in [-0.3, -0.25) is 0 Å². The van der Waals surface area contributed by atoms with E-state index in [9.17, 15) is 0 Å². The zero-order valence-corrected chi connectivity index (χ0v) is 33.6. The van der Waals surface area contributed by atoms with Crippen LogP contribution in [0.4, 0.5) is 17.1 Å². The first-order valence-corrected chi connectivity index (χ1v) is 20.9. The summed E-state index contributed by atoms with van der Waals surface area (Å²) in [5, 5.41) is 2.21. The maximum Gasteiger partial charge on any atom is 0.159 e. The van der Waals surface area contributed by atoms with Crippen molar-refractivity contribution in [3.8, 4) is 33.4 Å². The van der Waals surface area contributed by atoms with E-state index in [1.54, 1.807) is 0 Å². The van der Waals surface area contributed by atoms with Gasteiger partial charge in [0.2, 0.25) is 0 Å². The molecule has 0 fully saturated rings. The molecule has 0 saturated heterocycles. The van der Waals surface area contributed by atoms with Gasteiger partial charge in [-0.25, -0.2) is 0 Å². The molecule has 2 heteroatoms. The smallest absolute Gasteiger partial charge is 0.159 e. The Bertz CT molecular complexity index is 3260. The molecule has 2 aliphatic rings. The van der Waals surface area contributed by atoms with Gasteiger partial charge >= 0.3 is 0 Å². The van der Waals surface area contributed by atoms with E-state index in [2.05, 4.69) is 231 Å². The molecule has 0 bridgehead atoms. The van der Waals surface area contributed by atoms with Gasteiger partial charge in [-0.15, -0.1) is 0 Å². The molecule has 0 aliphatic heterocycles. The summed E-state index contributed by atoms with van der Waals surface area (Å²) in [6.45, 7) is 4.75. The second-order valence-electron chi connectivity index (χ2n) is 16.8. The highest BCUT2D eigenvalue weighted by atomic mass is 16.3. The highest BCUT2D eigenvalue weighted by Crippen LogP contribution is 2.59. The number of hydrogen-bond donors (Lipinski definition) is 0. The molecule has 2 aliphatic carbocycles. The lowest BCUT2D eigenvalue weighted by atomic mass is 9.67. The molecule has 12 rings (SSSR count). The lowest BCUT2D eigenvalue weighted by molar-refractivity contribution is 0.662. The SMILES string of the molecule is CC1(C)c2ccccc2-c2cccc(-c3ccccc3N(c3ccc4c(c3)C(c3ccccc3)(c3ccccc3)c3ccccc3-4)c3cccc4c3oc3ccccc34)c21. The molecule has 60 heavy (non-hydrogen) atoms. The molecule has 0 saturated carbocycles. The Balaban J connectivity index is 1.17. The summed E-state index contributed by atoms with van der Waals surface area (Å²) in [6.07, 6.45) is 0. The maximum atomic E-state index is 6.88. The molecule has 0 atom stereocenters. The van der Waals surface area contributed by atoms with Crippen molar-refractivity contribution >= 4 is 39.0 Å². The van der Waals surface area contributed by atoms with E-state index in [1.165, 1.54) is 66.8 Å². The molecular weight excluding hydrogens is 727 g/mol. The molecular formula is C58H41NO. The van der Waals surface area contributed by atoms with Gasteiger partial charge in [0.15, 0.2) is 5.58 Å². The van der Waals surface area contributed by atoms with Crippen LogP contribution in [0.3, 0.4) is 0 Å². The average Bonchev–Trinajstić information content (AvgIpc) is 3.92. The highest BCUT2D eigenvalue weighted by Gasteiger charge is 2.46. The molecule has 0 amide bonds. The molecule has 0 unspecified atom stereocenters. The standard InChI is InChI=1S/C58H41NO/c1-57(2)49-30-13-9-24-42(49)46-27-17-28-47(55(46)57)44-25-11-15-32-52(44)59(53-33-18-29-48-45-26-12-16-34-54(45)60-56(48)53)40-35-36-43-41-23-10-14-31-50(41)58(51(43)37-40,38-19-5-3-6-20-38)39-21-7-4-8-22-39/h3-37H,1-2H3. The molecule has 0 N–H and O–H groups in total. The van der Waals surface area contributed by atoms with Crippen molar-refractivity contribution in [1.82, 2.24) is 0 Å².